The molecule has 0 bridgehead atoms. The van der Waals surface area contributed by atoms with Crippen molar-refractivity contribution in [3.05, 3.63) is 277 Å². The predicted molar refractivity (Wildman–Crippen MR) is 298 cm³/mol. The second kappa shape index (κ2) is 16.1. The summed E-state index contributed by atoms with van der Waals surface area (Å²) in [5, 5.41) is 5.14. The number of benzene rings is 10. The van der Waals surface area contributed by atoms with Gasteiger partial charge >= 0.3 is 0 Å². The van der Waals surface area contributed by atoms with Crippen molar-refractivity contribution in [3.63, 3.8) is 0 Å². The Labute approximate surface area is 421 Å². The summed E-state index contributed by atoms with van der Waals surface area (Å²) in [7, 11) is 0. The number of anilines is 2. The summed E-state index contributed by atoms with van der Waals surface area (Å²) in [5.74, 6) is 2.78. The Morgan fingerprint density at radius 1 is 0.472 bits per heavy atom. The van der Waals surface area contributed by atoms with E-state index in [2.05, 4.69) is 258 Å². The molecule has 0 amide bonds. The van der Waals surface area contributed by atoms with E-state index < -0.39 is 5.41 Å². The second-order valence-corrected chi connectivity index (χ2v) is 20.2. The Hall–Kier alpha value is -8.90. The summed E-state index contributed by atoms with van der Waals surface area (Å²) in [4.78, 5) is 2.36. The summed E-state index contributed by atoms with van der Waals surface area (Å²) in [6.07, 6.45) is 7.90. The Morgan fingerprint density at radius 3 is 1.86 bits per heavy atom. The molecule has 0 saturated heterocycles. The maximum Gasteiger partial charge on any atom is 0.178 e. The molecule has 12 aromatic rings. The number of aromatic nitrogens is 1. The summed E-state index contributed by atoms with van der Waals surface area (Å²) < 4.78 is 19.3. The van der Waals surface area contributed by atoms with E-state index in [0.717, 1.165) is 40.4 Å². The number of allylic oxidation sites excluding steroid dienone is 3. The lowest BCUT2D eigenvalue weighted by atomic mass is 9.68. The van der Waals surface area contributed by atoms with Crippen molar-refractivity contribution in [1.29, 1.82) is 0 Å². The van der Waals surface area contributed by atoms with Crippen LogP contribution in [-0.2, 0) is 5.41 Å². The third-order valence-electron chi connectivity index (χ3n) is 15.2. The first-order valence-electron chi connectivity index (χ1n) is 24.8. The fourth-order valence-electron chi connectivity index (χ4n) is 12.1. The van der Waals surface area contributed by atoms with Gasteiger partial charge in [-0.15, -0.1) is 11.3 Å². The van der Waals surface area contributed by atoms with E-state index in [1.54, 1.807) is 0 Å². The molecule has 2 aromatic heterocycles. The molecule has 340 valence electrons. The van der Waals surface area contributed by atoms with E-state index in [1.165, 1.54) is 75.4 Å². The van der Waals surface area contributed by atoms with E-state index in [9.17, 15) is 0 Å². The molecule has 72 heavy (non-hydrogen) atoms. The van der Waals surface area contributed by atoms with Gasteiger partial charge in [-0.25, -0.2) is 0 Å². The fraction of sp³-hybridized carbons (Fsp3) is 0.0448. The number of ether oxygens (including phenoxy) is 2. The van der Waals surface area contributed by atoms with E-state index in [-0.39, 0.29) is 6.04 Å². The summed E-state index contributed by atoms with van der Waals surface area (Å²) in [6.45, 7) is 0. The van der Waals surface area contributed by atoms with Crippen molar-refractivity contribution in [3.8, 4) is 45.3 Å². The van der Waals surface area contributed by atoms with Crippen LogP contribution in [-0.4, -0.2) is 4.57 Å². The maximum absolute atomic E-state index is 7.12. The van der Waals surface area contributed by atoms with Crippen LogP contribution in [0.15, 0.2) is 254 Å². The molecule has 0 fully saturated rings. The molecular formula is C67H44N2O2S. The van der Waals surface area contributed by atoms with Crippen molar-refractivity contribution in [1.82, 2.24) is 4.57 Å². The van der Waals surface area contributed by atoms with Crippen LogP contribution in [0.5, 0.6) is 23.0 Å². The number of hydrogen-bond donors (Lipinski definition) is 0. The number of thiophene rings is 1. The molecule has 4 nitrogen and oxygen atoms in total. The van der Waals surface area contributed by atoms with Gasteiger partial charge in [0.2, 0.25) is 0 Å². The van der Waals surface area contributed by atoms with E-state index in [4.69, 9.17) is 9.47 Å². The van der Waals surface area contributed by atoms with Gasteiger partial charge in [0.1, 0.15) is 0 Å². The zero-order valence-corrected chi connectivity index (χ0v) is 39.9. The number of fused-ring (bicyclic) bond motifs is 12. The molecule has 1 atom stereocenters. The molecule has 0 spiro atoms. The van der Waals surface area contributed by atoms with E-state index in [0.29, 0.717) is 17.2 Å². The third-order valence-corrected chi connectivity index (χ3v) is 16.4. The maximum atomic E-state index is 7.12. The minimum absolute atomic E-state index is 0.0803. The first kappa shape index (κ1) is 40.9. The van der Waals surface area contributed by atoms with Crippen molar-refractivity contribution >= 4 is 64.7 Å². The van der Waals surface area contributed by atoms with Gasteiger partial charge < -0.3 is 18.9 Å². The van der Waals surface area contributed by atoms with Gasteiger partial charge in [-0.1, -0.05) is 170 Å². The molecule has 3 aliphatic rings. The van der Waals surface area contributed by atoms with E-state index >= 15 is 0 Å². The fourth-order valence-corrected chi connectivity index (χ4v) is 13.2. The topological polar surface area (TPSA) is 26.6 Å². The van der Waals surface area contributed by atoms with Gasteiger partial charge in [-0.2, -0.15) is 0 Å². The Bertz CT molecular complexity index is 4110. The van der Waals surface area contributed by atoms with Crippen LogP contribution >= 0.6 is 11.3 Å². The highest BCUT2D eigenvalue weighted by molar-refractivity contribution is 7.25. The third kappa shape index (κ3) is 6.11. The number of para-hydroxylation sites is 2. The standard InChI is InChI=1S/C67H44N2O2S/c1-3-16-45(17-4-1)67(46-18-5-2-6-19-46)56-26-11-7-25-54(56)65-57(67)36-38-61-66(65)71-60-37-35-50(42-62(60)70-61)68(47-33-30-43(31-34-47)44-32-39-64-55(40-44)53-24-10-14-29-63(53)72-64)48-20-15-21-49(41-48)69-58-27-12-8-22-51(58)52-23-9-13-28-59(52)69/h1-20,22-42,49H,21H2. The number of hydrogen-bond acceptors (Lipinski definition) is 4. The van der Waals surface area contributed by atoms with Gasteiger partial charge in [-0.05, 0) is 118 Å². The quantitative estimate of drug-likeness (QED) is 0.159. The summed E-state index contributed by atoms with van der Waals surface area (Å²) in [5.41, 5.74) is 14.4. The Kier molecular flexibility index (Phi) is 9.14. The van der Waals surface area contributed by atoms with Crippen LogP contribution in [0.3, 0.4) is 0 Å². The average Bonchev–Trinajstić information content (AvgIpc) is 4.10. The number of rotatable bonds is 7. The minimum atomic E-state index is -0.545. The smallest absolute Gasteiger partial charge is 0.178 e. The molecule has 10 aromatic carbocycles. The molecular weight excluding hydrogens is 897 g/mol. The van der Waals surface area contributed by atoms with Crippen LogP contribution in [0.4, 0.5) is 11.4 Å². The van der Waals surface area contributed by atoms with Crippen molar-refractivity contribution in [2.24, 2.45) is 0 Å². The molecule has 15 rings (SSSR count). The SMILES string of the molecule is C1=CC(N(c2ccc(-c3ccc4sc5ccccc5c4c3)cc2)c2ccc3c(c2)Oc2ccc4c(c2O3)-c2ccccc2C4(c2ccccc2)c2ccccc2)=CC(n2c3ccccc3c3ccccc32)C1. The number of nitrogens with zero attached hydrogens (tertiary/aromatic N) is 2. The highest BCUT2D eigenvalue weighted by Gasteiger charge is 2.48. The molecule has 0 saturated carbocycles. The van der Waals surface area contributed by atoms with Crippen LogP contribution < -0.4 is 14.4 Å². The lowest BCUT2D eigenvalue weighted by Gasteiger charge is -2.34. The first-order valence-corrected chi connectivity index (χ1v) is 25.6. The van der Waals surface area contributed by atoms with Gasteiger partial charge in [-0.3, -0.25) is 0 Å². The molecule has 2 aliphatic carbocycles. The van der Waals surface area contributed by atoms with Gasteiger partial charge in [0.15, 0.2) is 23.0 Å². The molecule has 1 aliphatic heterocycles. The van der Waals surface area contributed by atoms with Gasteiger partial charge in [0, 0.05) is 65.0 Å². The van der Waals surface area contributed by atoms with Crippen molar-refractivity contribution in [2.45, 2.75) is 17.9 Å². The highest BCUT2D eigenvalue weighted by atomic mass is 32.1. The molecule has 3 heterocycles. The second-order valence-electron chi connectivity index (χ2n) is 19.1. The molecule has 1 unspecified atom stereocenters. The molecule has 0 N–H and O–H groups in total. The normalized spacial score (nSPS) is 15.1. The zero-order valence-electron chi connectivity index (χ0n) is 39.1. The summed E-state index contributed by atoms with van der Waals surface area (Å²) >= 11 is 1.85. The highest BCUT2D eigenvalue weighted by Crippen LogP contribution is 2.62. The Morgan fingerprint density at radius 2 is 1.10 bits per heavy atom. The zero-order chi connectivity index (χ0) is 47.3. The predicted octanol–water partition coefficient (Wildman–Crippen LogP) is 18.3. The van der Waals surface area contributed by atoms with Gasteiger partial charge in [0.25, 0.3) is 0 Å². The van der Waals surface area contributed by atoms with Crippen LogP contribution in [0.2, 0.25) is 0 Å². The lowest BCUT2D eigenvalue weighted by molar-refractivity contribution is 0.360. The molecule has 5 heteroatoms. The summed E-state index contributed by atoms with van der Waals surface area (Å²) in [6, 6.07) is 83.5. The van der Waals surface area contributed by atoms with Crippen molar-refractivity contribution in [2.75, 3.05) is 4.90 Å². The van der Waals surface area contributed by atoms with Crippen LogP contribution in [0, 0.1) is 0 Å². The van der Waals surface area contributed by atoms with Crippen LogP contribution in [0.1, 0.15) is 34.7 Å². The van der Waals surface area contributed by atoms with Crippen molar-refractivity contribution < 1.29 is 9.47 Å². The first-order chi connectivity index (χ1) is 35.7. The monoisotopic (exact) mass is 940 g/mol. The Balaban J connectivity index is 0.853. The lowest BCUT2D eigenvalue weighted by Crippen LogP contribution is -2.28. The molecule has 0 radical (unpaired) electrons. The average molecular weight is 941 g/mol. The largest absolute Gasteiger partial charge is 0.449 e. The minimum Gasteiger partial charge on any atom is -0.449 e. The van der Waals surface area contributed by atoms with E-state index in [1.807, 2.05) is 11.3 Å². The van der Waals surface area contributed by atoms with Gasteiger partial charge in [0.05, 0.1) is 17.1 Å². The van der Waals surface area contributed by atoms with Crippen LogP contribution in [0.25, 0.3) is 64.2 Å².